The molecule has 0 saturated carbocycles. The number of esters is 1. The first-order valence-corrected chi connectivity index (χ1v) is 7.76. The predicted molar refractivity (Wildman–Crippen MR) is 89.4 cm³/mol. The van der Waals surface area contributed by atoms with Crippen LogP contribution in [0.3, 0.4) is 0 Å². The summed E-state index contributed by atoms with van der Waals surface area (Å²) in [5, 5.41) is 0. The third-order valence-corrected chi connectivity index (χ3v) is 3.49. The lowest BCUT2D eigenvalue weighted by Crippen LogP contribution is -2.23. The number of halogens is 2. The molecule has 0 bridgehead atoms. The molecular formula is C18H18BrFO2. The summed E-state index contributed by atoms with van der Waals surface area (Å²) in [6.45, 7) is 7.14. The molecule has 0 aliphatic carbocycles. The number of hydrogen-bond acceptors (Lipinski definition) is 2. The van der Waals surface area contributed by atoms with Gasteiger partial charge >= 0.3 is 5.97 Å². The molecule has 116 valence electrons. The Morgan fingerprint density at radius 3 is 2.50 bits per heavy atom. The number of ether oxygens (including phenoxy) is 1. The van der Waals surface area contributed by atoms with E-state index in [1.165, 1.54) is 0 Å². The van der Waals surface area contributed by atoms with Gasteiger partial charge in [0.15, 0.2) is 0 Å². The maximum atomic E-state index is 14.3. The van der Waals surface area contributed by atoms with Crippen molar-refractivity contribution in [2.45, 2.75) is 33.3 Å². The van der Waals surface area contributed by atoms with Crippen molar-refractivity contribution in [3.63, 3.8) is 0 Å². The van der Waals surface area contributed by atoms with Crippen molar-refractivity contribution in [1.82, 2.24) is 0 Å². The van der Waals surface area contributed by atoms with Crippen LogP contribution in [0, 0.1) is 12.7 Å². The van der Waals surface area contributed by atoms with E-state index in [1.807, 2.05) is 20.8 Å². The van der Waals surface area contributed by atoms with Crippen molar-refractivity contribution in [2.24, 2.45) is 0 Å². The van der Waals surface area contributed by atoms with E-state index in [-0.39, 0.29) is 5.82 Å². The molecule has 0 heterocycles. The third kappa shape index (κ3) is 3.95. The van der Waals surface area contributed by atoms with E-state index in [1.54, 1.807) is 43.3 Å². The van der Waals surface area contributed by atoms with Crippen LogP contribution in [-0.2, 0) is 4.74 Å². The minimum Gasteiger partial charge on any atom is -0.456 e. The Labute approximate surface area is 138 Å². The van der Waals surface area contributed by atoms with E-state index in [4.69, 9.17) is 4.74 Å². The fourth-order valence-electron chi connectivity index (χ4n) is 2.07. The summed E-state index contributed by atoms with van der Waals surface area (Å²) in [6.07, 6.45) is 0. The van der Waals surface area contributed by atoms with Crippen LogP contribution in [0.15, 0.2) is 40.9 Å². The molecule has 0 aromatic heterocycles. The first-order chi connectivity index (χ1) is 10.2. The number of carbonyl (C=O) groups is 1. The summed E-state index contributed by atoms with van der Waals surface area (Å²) < 4.78 is 20.4. The van der Waals surface area contributed by atoms with E-state index in [9.17, 15) is 9.18 Å². The van der Waals surface area contributed by atoms with Crippen LogP contribution in [0.1, 0.15) is 36.7 Å². The predicted octanol–water partition coefficient (Wildman–Crippen LogP) is 5.52. The number of hydrogen-bond donors (Lipinski definition) is 0. The number of aryl methyl sites for hydroxylation is 1. The smallest absolute Gasteiger partial charge is 0.338 e. The first-order valence-electron chi connectivity index (χ1n) is 6.97. The molecule has 0 fully saturated rings. The molecule has 0 spiro atoms. The molecule has 22 heavy (non-hydrogen) atoms. The summed E-state index contributed by atoms with van der Waals surface area (Å²) in [5.41, 5.74) is 1.48. The van der Waals surface area contributed by atoms with Gasteiger partial charge in [0.1, 0.15) is 11.4 Å². The van der Waals surface area contributed by atoms with Gasteiger partial charge < -0.3 is 4.74 Å². The Morgan fingerprint density at radius 2 is 1.86 bits per heavy atom. The van der Waals surface area contributed by atoms with Crippen LogP contribution in [0.25, 0.3) is 11.1 Å². The average molecular weight is 365 g/mol. The lowest BCUT2D eigenvalue weighted by molar-refractivity contribution is 0.00695. The molecule has 4 heteroatoms. The second kappa shape index (κ2) is 6.21. The van der Waals surface area contributed by atoms with Gasteiger partial charge in [-0.25, -0.2) is 9.18 Å². The highest BCUT2D eigenvalue weighted by molar-refractivity contribution is 9.10. The van der Waals surface area contributed by atoms with E-state index < -0.39 is 11.6 Å². The largest absolute Gasteiger partial charge is 0.456 e. The van der Waals surface area contributed by atoms with E-state index in [0.29, 0.717) is 26.7 Å². The zero-order chi connectivity index (χ0) is 16.5. The van der Waals surface area contributed by atoms with Crippen LogP contribution >= 0.6 is 15.9 Å². The van der Waals surface area contributed by atoms with Crippen LogP contribution in [0.5, 0.6) is 0 Å². The summed E-state index contributed by atoms with van der Waals surface area (Å²) in [5.74, 6) is -0.709. The van der Waals surface area contributed by atoms with E-state index >= 15 is 0 Å². The molecule has 2 aromatic carbocycles. The SMILES string of the molecule is Cc1cccc(-c2cc(Br)cc(C(=O)OC(C)(C)C)c2)c1F. The molecule has 0 saturated heterocycles. The highest BCUT2D eigenvalue weighted by Gasteiger charge is 2.19. The fourth-order valence-corrected chi connectivity index (χ4v) is 2.56. The molecule has 0 radical (unpaired) electrons. The van der Waals surface area contributed by atoms with Crippen molar-refractivity contribution < 1.29 is 13.9 Å². The second-order valence-corrected chi connectivity index (χ2v) is 7.08. The maximum absolute atomic E-state index is 14.3. The maximum Gasteiger partial charge on any atom is 0.338 e. The number of carbonyl (C=O) groups excluding carboxylic acids is 1. The van der Waals surface area contributed by atoms with Gasteiger partial charge in [0.05, 0.1) is 5.56 Å². The summed E-state index contributed by atoms with van der Waals surface area (Å²) in [4.78, 5) is 12.2. The van der Waals surface area contributed by atoms with Crippen LogP contribution in [0.4, 0.5) is 4.39 Å². The lowest BCUT2D eigenvalue weighted by atomic mass is 10.0. The van der Waals surface area contributed by atoms with Crippen LogP contribution in [0.2, 0.25) is 0 Å². The van der Waals surface area contributed by atoms with Gasteiger partial charge in [0.2, 0.25) is 0 Å². The van der Waals surface area contributed by atoms with Gasteiger partial charge in [-0.1, -0.05) is 34.1 Å². The highest BCUT2D eigenvalue weighted by Crippen LogP contribution is 2.29. The van der Waals surface area contributed by atoms with Crippen molar-refractivity contribution >= 4 is 21.9 Å². The lowest BCUT2D eigenvalue weighted by Gasteiger charge is -2.20. The van der Waals surface area contributed by atoms with Crippen LogP contribution < -0.4 is 0 Å². The number of rotatable bonds is 2. The monoisotopic (exact) mass is 364 g/mol. The molecular weight excluding hydrogens is 347 g/mol. The molecule has 2 aromatic rings. The zero-order valence-electron chi connectivity index (χ0n) is 13.0. The van der Waals surface area contributed by atoms with Crippen molar-refractivity contribution in [3.8, 4) is 11.1 Å². The standard InChI is InChI=1S/C18H18BrFO2/c1-11-6-5-7-15(16(11)20)12-8-13(10-14(19)9-12)17(21)22-18(2,3)4/h5-10H,1-4H3. The zero-order valence-corrected chi connectivity index (χ0v) is 14.6. The highest BCUT2D eigenvalue weighted by atomic mass is 79.9. The summed E-state index contributed by atoms with van der Waals surface area (Å²) in [7, 11) is 0. The molecule has 0 aliphatic heterocycles. The van der Waals surface area contributed by atoms with E-state index in [0.717, 1.165) is 0 Å². The molecule has 2 nitrogen and oxygen atoms in total. The van der Waals surface area contributed by atoms with Crippen molar-refractivity contribution in [2.75, 3.05) is 0 Å². The quantitative estimate of drug-likeness (QED) is 0.655. The van der Waals surface area contributed by atoms with Crippen molar-refractivity contribution in [3.05, 3.63) is 57.8 Å². The second-order valence-electron chi connectivity index (χ2n) is 6.17. The minimum absolute atomic E-state index is 0.282. The van der Waals surface area contributed by atoms with Gasteiger partial charge in [0.25, 0.3) is 0 Å². The fraction of sp³-hybridized carbons (Fsp3) is 0.278. The molecule has 2 rings (SSSR count). The van der Waals surface area contributed by atoms with Gasteiger partial charge in [-0.15, -0.1) is 0 Å². The Balaban J connectivity index is 2.47. The first kappa shape index (κ1) is 16.7. The van der Waals surface area contributed by atoms with Gasteiger partial charge in [0, 0.05) is 10.0 Å². The van der Waals surface area contributed by atoms with Crippen LogP contribution in [-0.4, -0.2) is 11.6 Å². The Morgan fingerprint density at radius 1 is 1.18 bits per heavy atom. The Bertz CT molecular complexity index is 718. The average Bonchev–Trinajstić information content (AvgIpc) is 2.39. The van der Waals surface area contributed by atoms with E-state index in [2.05, 4.69) is 15.9 Å². The molecule has 0 aliphatic rings. The van der Waals surface area contributed by atoms with Gasteiger partial charge in [-0.05, 0) is 57.0 Å². The summed E-state index contributed by atoms with van der Waals surface area (Å²) in [6, 6.07) is 10.3. The van der Waals surface area contributed by atoms with Crippen molar-refractivity contribution in [1.29, 1.82) is 0 Å². The molecule has 0 unspecified atom stereocenters. The topological polar surface area (TPSA) is 26.3 Å². The minimum atomic E-state index is -0.575. The van der Waals surface area contributed by atoms with Gasteiger partial charge in [-0.3, -0.25) is 0 Å². The van der Waals surface area contributed by atoms with Gasteiger partial charge in [-0.2, -0.15) is 0 Å². The Kier molecular flexibility index (Phi) is 4.71. The molecule has 0 N–H and O–H groups in total. The molecule has 0 amide bonds. The Hall–Kier alpha value is -1.68. The third-order valence-electron chi connectivity index (χ3n) is 3.04. The summed E-state index contributed by atoms with van der Waals surface area (Å²) >= 11 is 3.37. The normalized spacial score (nSPS) is 11.4. The molecule has 0 atom stereocenters. The number of benzene rings is 2.